The first kappa shape index (κ1) is 20.7. The molecular formula is C22H29N4O3+. The zero-order valence-electron chi connectivity index (χ0n) is 16.8. The number of benzene rings is 2. The van der Waals surface area contributed by atoms with Crippen LogP contribution in [0, 0.1) is 0 Å². The zero-order chi connectivity index (χ0) is 20.5. The van der Waals surface area contributed by atoms with Crippen LogP contribution in [0.4, 0.5) is 5.69 Å². The Morgan fingerprint density at radius 3 is 2.45 bits per heavy atom. The number of carbonyl (C=O) groups is 2. The predicted molar refractivity (Wildman–Crippen MR) is 112 cm³/mol. The second kappa shape index (κ2) is 10.5. The summed E-state index contributed by atoms with van der Waals surface area (Å²) < 4.78 is 5.15. The van der Waals surface area contributed by atoms with Crippen molar-refractivity contribution in [2.24, 2.45) is 0 Å². The molecule has 0 aliphatic carbocycles. The number of para-hydroxylation sites is 1. The fraction of sp³-hybridized carbons (Fsp3) is 0.364. The summed E-state index contributed by atoms with van der Waals surface area (Å²) in [5.74, 6) is 0.284. The number of quaternary nitrogens is 1. The van der Waals surface area contributed by atoms with Gasteiger partial charge in [0.05, 0.1) is 52.7 Å². The van der Waals surface area contributed by atoms with Crippen LogP contribution < -0.4 is 25.4 Å². The lowest BCUT2D eigenvalue weighted by atomic mass is 10.1. The van der Waals surface area contributed by atoms with E-state index in [9.17, 15) is 9.59 Å². The first-order valence-corrected chi connectivity index (χ1v) is 9.98. The summed E-state index contributed by atoms with van der Waals surface area (Å²) in [5.41, 5.74) is 7.08. The lowest BCUT2D eigenvalue weighted by Gasteiger charge is -2.33. The van der Waals surface area contributed by atoms with Crippen LogP contribution in [0.5, 0.6) is 5.75 Å². The molecule has 1 heterocycles. The van der Waals surface area contributed by atoms with Gasteiger partial charge in [0.25, 0.3) is 0 Å². The van der Waals surface area contributed by atoms with E-state index in [1.807, 2.05) is 24.3 Å². The third-order valence-electron chi connectivity index (χ3n) is 5.14. The molecule has 1 aliphatic heterocycles. The molecule has 154 valence electrons. The zero-order valence-corrected chi connectivity index (χ0v) is 16.8. The molecule has 3 rings (SSSR count). The Balaban J connectivity index is 1.32. The maximum absolute atomic E-state index is 12.1. The summed E-state index contributed by atoms with van der Waals surface area (Å²) in [6.45, 7) is 4.74. The van der Waals surface area contributed by atoms with Gasteiger partial charge in [0.15, 0.2) is 0 Å². The second-order valence-corrected chi connectivity index (χ2v) is 7.20. The van der Waals surface area contributed by atoms with E-state index in [1.54, 1.807) is 13.2 Å². The van der Waals surface area contributed by atoms with Gasteiger partial charge in [-0.2, -0.15) is 0 Å². The molecule has 0 saturated carbocycles. The molecule has 2 amide bonds. The largest absolute Gasteiger partial charge is 0.497 e. The van der Waals surface area contributed by atoms with Crippen LogP contribution in [-0.2, 0) is 16.0 Å². The molecule has 0 spiro atoms. The number of amides is 2. The summed E-state index contributed by atoms with van der Waals surface area (Å²) in [6.07, 6.45) is 0.574. The van der Waals surface area contributed by atoms with Crippen molar-refractivity contribution in [2.45, 2.75) is 12.8 Å². The van der Waals surface area contributed by atoms with Crippen molar-refractivity contribution in [2.75, 3.05) is 44.7 Å². The monoisotopic (exact) mass is 397 g/mol. The van der Waals surface area contributed by atoms with Gasteiger partial charge >= 0.3 is 0 Å². The van der Waals surface area contributed by atoms with E-state index < -0.39 is 0 Å². The van der Waals surface area contributed by atoms with Crippen molar-refractivity contribution in [3.8, 4) is 5.75 Å². The third-order valence-corrected chi connectivity index (χ3v) is 5.14. The van der Waals surface area contributed by atoms with Gasteiger partial charge in [-0.05, 0) is 29.8 Å². The first-order valence-electron chi connectivity index (χ1n) is 9.98. The van der Waals surface area contributed by atoms with Crippen LogP contribution in [0.2, 0.25) is 0 Å². The number of methoxy groups -OCH3 is 1. The number of rotatable bonds is 7. The van der Waals surface area contributed by atoms with Crippen LogP contribution in [0.3, 0.4) is 0 Å². The molecule has 0 bridgehead atoms. The molecule has 7 heteroatoms. The first-order chi connectivity index (χ1) is 14.1. The molecule has 0 aromatic heterocycles. The van der Waals surface area contributed by atoms with E-state index in [0.717, 1.165) is 38.3 Å². The second-order valence-electron chi connectivity index (χ2n) is 7.20. The minimum atomic E-state index is -0.254. The number of hydrogen-bond acceptors (Lipinski definition) is 4. The standard InChI is InChI=1S/C22H28N4O3/c1-29-20-9-5-6-18(16-20)17-22(28)24-23-21(27)10-11-25-12-14-26(15-13-25)19-7-3-2-4-8-19/h2-9,16H,10-15,17H2,1H3,(H,23,27)(H,24,28)/p+1. The fourth-order valence-electron chi connectivity index (χ4n) is 3.47. The topological polar surface area (TPSA) is 75.1 Å². The van der Waals surface area contributed by atoms with E-state index in [-0.39, 0.29) is 18.2 Å². The van der Waals surface area contributed by atoms with Gasteiger partial charge in [-0.3, -0.25) is 20.4 Å². The Morgan fingerprint density at radius 1 is 1.00 bits per heavy atom. The number of carbonyl (C=O) groups excluding carboxylic acids is 2. The van der Waals surface area contributed by atoms with Crippen LogP contribution in [0.25, 0.3) is 0 Å². The van der Waals surface area contributed by atoms with Crippen molar-refractivity contribution < 1.29 is 19.2 Å². The van der Waals surface area contributed by atoms with E-state index >= 15 is 0 Å². The number of nitrogens with one attached hydrogen (secondary N) is 3. The normalized spacial score (nSPS) is 14.3. The number of hydrazine groups is 1. The molecule has 0 radical (unpaired) electrons. The maximum atomic E-state index is 12.1. The molecule has 0 unspecified atom stereocenters. The Hall–Kier alpha value is -3.06. The molecule has 1 fully saturated rings. The average Bonchev–Trinajstić information content (AvgIpc) is 2.77. The maximum Gasteiger partial charge on any atom is 0.244 e. The molecular weight excluding hydrogens is 368 g/mol. The molecule has 0 atom stereocenters. The number of anilines is 1. The molecule has 1 saturated heterocycles. The Labute approximate surface area is 171 Å². The predicted octanol–water partition coefficient (Wildman–Crippen LogP) is 0.180. The van der Waals surface area contributed by atoms with Gasteiger partial charge in [0.2, 0.25) is 11.8 Å². The highest BCUT2D eigenvalue weighted by atomic mass is 16.5. The summed E-state index contributed by atoms with van der Waals surface area (Å²) >= 11 is 0. The Kier molecular flexibility index (Phi) is 7.47. The molecule has 7 nitrogen and oxygen atoms in total. The minimum absolute atomic E-state index is 0.165. The fourth-order valence-corrected chi connectivity index (χ4v) is 3.47. The van der Waals surface area contributed by atoms with E-state index in [1.165, 1.54) is 10.6 Å². The van der Waals surface area contributed by atoms with Crippen LogP contribution in [0.1, 0.15) is 12.0 Å². The Morgan fingerprint density at radius 2 is 1.72 bits per heavy atom. The molecule has 29 heavy (non-hydrogen) atoms. The molecule has 2 aromatic carbocycles. The summed E-state index contributed by atoms with van der Waals surface area (Å²) in [6, 6.07) is 17.7. The smallest absolute Gasteiger partial charge is 0.244 e. The highest BCUT2D eigenvalue weighted by molar-refractivity contribution is 5.83. The summed E-state index contributed by atoms with van der Waals surface area (Å²) in [4.78, 5) is 27.9. The summed E-state index contributed by atoms with van der Waals surface area (Å²) in [7, 11) is 1.59. The third kappa shape index (κ3) is 6.50. The highest BCUT2D eigenvalue weighted by Gasteiger charge is 2.20. The van der Waals surface area contributed by atoms with Crippen molar-refractivity contribution >= 4 is 17.5 Å². The van der Waals surface area contributed by atoms with Gasteiger partial charge in [0.1, 0.15) is 5.75 Å². The average molecular weight is 397 g/mol. The van der Waals surface area contributed by atoms with Crippen LogP contribution in [0.15, 0.2) is 54.6 Å². The molecule has 1 aliphatic rings. The number of ether oxygens (including phenoxy) is 1. The number of piperazine rings is 1. The SMILES string of the molecule is COc1cccc(CC(=O)NNC(=O)CC[NH+]2CCN(c3ccccc3)CC2)c1. The van der Waals surface area contributed by atoms with Gasteiger partial charge in [-0.25, -0.2) is 0 Å². The van der Waals surface area contributed by atoms with Crippen LogP contribution in [-0.4, -0.2) is 51.6 Å². The lowest BCUT2D eigenvalue weighted by molar-refractivity contribution is -0.900. The number of hydrogen-bond donors (Lipinski definition) is 3. The molecule has 3 N–H and O–H groups in total. The van der Waals surface area contributed by atoms with Gasteiger partial charge in [0, 0.05) is 5.69 Å². The minimum Gasteiger partial charge on any atom is -0.497 e. The van der Waals surface area contributed by atoms with Crippen molar-refractivity contribution in [1.82, 2.24) is 10.9 Å². The van der Waals surface area contributed by atoms with Gasteiger partial charge < -0.3 is 14.5 Å². The van der Waals surface area contributed by atoms with E-state index in [0.29, 0.717) is 12.2 Å². The Bertz CT molecular complexity index is 805. The van der Waals surface area contributed by atoms with Crippen molar-refractivity contribution in [3.05, 3.63) is 60.2 Å². The van der Waals surface area contributed by atoms with E-state index in [4.69, 9.17) is 4.74 Å². The van der Waals surface area contributed by atoms with Crippen molar-refractivity contribution in [3.63, 3.8) is 0 Å². The van der Waals surface area contributed by atoms with E-state index in [2.05, 4.69) is 40.0 Å². The lowest BCUT2D eigenvalue weighted by Crippen LogP contribution is -3.15. The van der Waals surface area contributed by atoms with Crippen molar-refractivity contribution in [1.29, 1.82) is 0 Å². The highest BCUT2D eigenvalue weighted by Crippen LogP contribution is 2.13. The molecule has 2 aromatic rings. The number of nitrogens with zero attached hydrogens (tertiary/aromatic N) is 1. The quantitative estimate of drug-likeness (QED) is 0.583. The van der Waals surface area contributed by atoms with Crippen LogP contribution >= 0.6 is 0 Å². The van der Waals surface area contributed by atoms with Gasteiger partial charge in [-0.15, -0.1) is 0 Å². The van der Waals surface area contributed by atoms with Gasteiger partial charge in [-0.1, -0.05) is 30.3 Å². The summed E-state index contributed by atoms with van der Waals surface area (Å²) in [5, 5.41) is 0.